The van der Waals surface area contributed by atoms with Crippen molar-refractivity contribution in [1.29, 1.82) is 0 Å². The van der Waals surface area contributed by atoms with Crippen molar-refractivity contribution in [2.24, 2.45) is 0 Å². The van der Waals surface area contributed by atoms with E-state index in [-0.39, 0.29) is 5.56 Å². The van der Waals surface area contributed by atoms with Crippen molar-refractivity contribution in [3.63, 3.8) is 0 Å². The topological polar surface area (TPSA) is 78.3 Å². The fraction of sp³-hybridized carbons (Fsp3) is 0.250. The Kier molecular flexibility index (Phi) is 3.86. The second kappa shape index (κ2) is 6.51. The number of fused-ring (bicyclic) bond motifs is 3. The van der Waals surface area contributed by atoms with Crippen LogP contribution in [0, 0.1) is 0 Å². The van der Waals surface area contributed by atoms with E-state index in [1.165, 1.54) is 0 Å². The molecule has 0 saturated carbocycles. The fourth-order valence-corrected chi connectivity index (χ4v) is 3.61. The summed E-state index contributed by atoms with van der Waals surface area (Å²) in [7, 11) is 0. The Bertz CT molecular complexity index is 1140. The van der Waals surface area contributed by atoms with E-state index in [0.29, 0.717) is 29.1 Å². The Morgan fingerprint density at radius 2 is 1.85 bits per heavy atom. The lowest BCUT2D eigenvalue weighted by molar-refractivity contribution is 0.243. The van der Waals surface area contributed by atoms with Crippen LogP contribution in [0.5, 0.6) is 0 Å². The molecule has 0 aliphatic carbocycles. The third kappa shape index (κ3) is 2.96. The van der Waals surface area contributed by atoms with Gasteiger partial charge >= 0.3 is 0 Å². The van der Waals surface area contributed by atoms with Gasteiger partial charge in [-0.1, -0.05) is 18.2 Å². The van der Waals surface area contributed by atoms with Crippen molar-refractivity contribution in [2.75, 3.05) is 31.1 Å². The molecule has 0 amide bonds. The number of rotatable bonds is 3. The summed E-state index contributed by atoms with van der Waals surface area (Å²) in [5, 5.41) is 0.875. The van der Waals surface area contributed by atoms with Gasteiger partial charge in [-0.3, -0.25) is 9.69 Å². The molecule has 1 aliphatic heterocycles. The largest absolute Gasteiger partial charge is 0.449 e. The number of piperazine rings is 1. The minimum absolute atomic E-state index is 0.224. The SMILES string of the molecule is O=c1[nH]c(CN2CCN(c3ccccn3)CC2)nc2c1oc1ccccc12. The van der Waals surface area contributed by atoms with E-state index in [9.17, 15) is 4.79 Å². The number of aromatic amines is 1. The van der Waals surface area contributed by atoms with Crippen LogP contribution in [0.2, 0.25) is 0 Å². The van der Waals surface area contributed by atoms with Crippen LogP contribution in [0.25, 0.3) is 22.1 Å². The molecular weight excluding hydrogens is 342 g/mol. The fourth-order valence-electron chi connectivity index (χ4n) is 3.61. The molecule has 1 aliphatic rings. The van der Waals surface area contributed by atoms with Gasteiger partial charge < -0.3 is 14.3 Å². The number of furan rings is 1. The lowest BCUT2D eigenvalue weighted by Crippen LogP contribution is -2.46. The van der Waals surface area contributed by atoms with Crippen molar-refractivity contribution in [3.05, 3.63) is 64.8 Å². The van der Waals surface area contributed by atoms with Crippen LogP contribution in [0.1, 0.15) is 5.82 Å². The van der Waals surface area contributed by atoms with Gasteiger partial charge in [0.1, 0.15) is 22.7 Å². The highest BCUT2D eigenvalue weighted by atomic mass is 16.3. The molecule has 0 atom stereocenters. The molecule has 4 aromatic rings. The summed E-state index contributed by atoms with van der Waals surface area (Å²) in [4.78, 5) is 29.0. The first kappa shape index (κ1) is 16.0. The molecule has 3 aromatic heterocycles. The van der Waals surface area contributed by atoms with Gasteiger partial charge in [0, 0.05) is 37.8 Å². The van der Waals surface area contributed by atoms with E-state index in [1.54, 1.807) is 0 Å². The third-order valence-corrected chi connectivity index (χ3v) is 5.00. The number of H-pyrrole nitrogens is 1. The standard InChI is InChI=1S/C20H19N5O2/c26-20-19-18(14-5-1-2-6-15(14)27-19)22-16(23-20)13-24-9-11-25(12-10-24)17-7-3-4-8-21-17/h1-8H,9-13H2,(H,22,23,26). The van der Waals surface area contributed by atoms with E-state index >= 15 is 0 Å². The van der Waals surface area contributed by atoms with Gasteiger partial charge in [0.05, 0.1) is 6.54 Å². The number of nitrogens with one attached hydrogen (secondary N) is 1. The maximum absolute atomic E-state index is 12.4. The maximum Gasteiger partial charge on any atom is 0.294 e. The van der Waals surface area contributed by atoms with Crippen LogP contribution >= 0.6 is 0 Å². The summed E-state index contributed by atoms with van der Waals surface area (Å²) < 4.78 is 5.66. The zero-order chi connectivity index (χ0) is 18.2. The maximum atomic E-state index is 12.4. The number of pyridine rings is 1. The Morgan fingerprint density at radius 1 is 1.04 bits per heavy atom. The number of benzene rings is 1. The van der Waals surface area contributed by atoms with Gasteiger partial charge in [0.15, 0.2) is 0 Å². The Morgan fingerprint density at radius 3 is 2.67 bits per heavy atom. The molecule has 0 bridgehead atoms. The van der Waals surface area contributed by atoms with Crippen LogP contribution in [0.4, 0.5) is 5.82 Å². The van der Waals surface area contributed by atoms with E-state index < -0.39 is 0 Å². The van der Waals surface area contributed by atoms with E-state index in [2.05, 4.69) is 24.8 Å². The van der Waals surface area contributed by atoms with Crippen LogP contribution in [-0.4, -0.2) is 46.0 Å². The minimum Gasteiger partial charge on any atom is -0.449 e. The van der Waals surface area contributed by atoms with Crippen molar-refractivity contribution >= 4 is 27.9 Å². The number of aromatic nitrogens is 3. The summed E-state index contributed by atoms with van der Waals surface area (Å²) in [6.45, 7) is 4.20. The predicted octanol–water partition coefficient (Wildman–Crippen LogP) is 2.39. The van der Waals surface area contributed by atoms with Crippen molar-refractivity contribution in [2.45, 2.75) is 6.54 Å². The normalized spacial score (nSPS) is 15.6. The average molecular weight is 361 g/mol. The van der Waals surface area contributed by atoms with Crippen LogP contribution < -0.4 is 10.5 Å². The molecule has 27 heavy (non-hydrogen) atoms. The summed E-state index contributed by atoms with van der Waals surface area (Å²) in [6.07, 6.45) is 1.82. The summed E-state index contributed by atoms with van der Waals surface area (Å²) >= 11 is 0. The van der Waals surface area contributed by atoms with E-state index in [0.717, 1.165) is 37.4 Å². The highest BCUT2D eigenvalue weighted by molar-refractivity contribution is 6.01. The summed E-state index contributed by atoms with van der Waals surface area (Å²) in [5.74, 6) is 1.68. The van der Waals surface area contributed by atoms with Crippen molar-refractivity contribution in [3.8, 4) is 0 Å². The molecule has 0 spiro atoms. The first-order valence-electron chi connectivity index (χ1n) is 9.07. The monoisotopic (exact) mass is 361 g/mol. The molecule has 1 fully saturated rings. The number of nitrogens with zero attached hydrogens (tertiary/aromatic N) is 4. The predicted molar refractivity (Wildman–Crippen MR) is 104 cm³/mol. The number of para-hydroxylation sites is 1. The molecule has 0 unspecified atom stereocenters. The minimum atomic E-state index is -0.224. The molecule has 4 heterocycles. The summed E-state index contributed by atoms with van der Waals surface area (Å²) in [6, 6.07) is 13.6. The molecule has 1 aromatic carbocycles. The van der Waals surface area contributed by atoms with Crippen LogP contribution in [0.3, 0.4) is 0 Å². The van der Waals surface area contributed by atoms with Gasteiger partial charge in [-0.25, -0.2) is 9.97 Å². The molecule has 7 heteroatoms. The summed E-state index contributed by atoms with van der Waals surface area (Å²) in [5.41, 5.74) is 1.39. The Hall–Kier alpha value is -3.19. The van der Waals surface area contributed by atoms with Crippen molar-refractivity contribution in [1.82, 2.24) is 19.9 Å². The number of anilines is 1. The molecular formula is C20H19N5O2. The molecule has 7 nitrogen and oxygen atoms in total. The zero-order valence-corrected chi connectivity index (χ0v) is 14.8. The molecule has 1 N–H and O–H groups in total. The second-order valence-corrected chi connectivity index (χ2v) is 6.74. The van der Waals surface area contributed by atoms with Gasteiger partial charge in [-0.2, -0.15) is 0 Å². The quantitative estimate of drug-likeness (QED) is 0.604. The van der Waals surface area contributed by atoms with Gasteiger partial charge in [0.25, 0.3) is 5.56 Å². The lowest BCUT2D eigenvalue weighted by atomic mass is 10.2. The third-order valence-electron chi connectivity index (χ3n) is 5.00. The van der Waals surface area contributed by atoms with Crippen LogP contribution in [0.15, 0.2) is 57.9 Å². The van der Waals surface area contributed by atoms with Crippen molar-refractivity contribution < 1.29 is 4.42 Å². The van der Waals surface area contributed by atoms with Gasteiger partial charge in [0.2, 0.25) is 5.58 Å². The molecule has 5 rings (SSSR count). The molecule has 1 saturated heterocycles. The molecule has 0 radical (unpaired) electrons. The van der Waals surface area contributed by atoms with Gasteiger partial charge in [-0.15, -0.1) is 0 Å². The van der Waals surface area contributed by atoms with Crippen LogP contribution in [-0.2, 0) is 6.54 Å². The second-order valence-electron chi connectivity index (χ2n) is 6.74. The first-order chi connectivity index (χ1) is 13.3. The molecule has 136 valence electrons. The van der Waals surface area contributed by atoms with E-state index in [4.69, 9.17) is 4.42 Å². The Balaban J connectivity index is 1.36. The Labute approximate surface area is 155 Å². The first-order valence-corrected chi connectivity index (χ1v) is 9.07. The number of hydrogen-bond donors (Lipinski definition) is 1. The van der Waals surface area contributed by atoms with E-state index in [1.807, 2.05) is 48.7 Å². The average Bonchev–Trinajstić information content (AvgIpc) is 3.09. The number of hydrogen-bond acceptors (Lipinski definition) is 6. The zero-order valence-electron chi connectivity index (χ0n) is 14.8. The van der Waals surface area contributed by atoms with Gasteiger partial charge in [-0.05, 0) is 24.3 Å². The lowest BCUT2D eigenvalue weighted by Gasteiger charge is -2.35. The highest BCUT2D eigenvalue weighted by Crippen LogP contribution is 2.24. The smallest absolute Gasteiger partial charge is 0.294 e. The highest BCUT2D eigenvalue weighted by Gasteiger charge is 2.20.